The van der Waals surface area contributed by atoms with Gasteiger partial charge in [-0.3, -0.25) is 4.98 Å². The molecule has 0 aliphatic carbocycles. The first-order valence-corrected chi connectivity index (χ1v) is 8.13. The molecule has 114 valence electrons. The molecule has 2 aromatic rings. The van der Waals surface area contributed by atoms with Gasteiger partial charge >= 0.3 is 0 Å². The number of sulfonamides is 1. The Morgan fingerprint density at radius 3 is 2.86 bits per heavy atom. The first kappa shape index (κ1) is 15.6. The maximum Gasteiger partial charge on any atom is 0.259 e. The number of aromatic nitrogens is 3. The summed E-state index contributed by atoms with van der Waals surface area (Å²) in [5.74, 6) is 0. The van der Waals surface area contributed by atoms with Gasteiger partial charge in [-0.15, -0.1) is 0 Å². The van der Waals surface area contributed by atoms with Gasteiger partial charge in [0.05, 0.1) is 6.33 Å². The predicted octanol–water partition coefficient (Wildman–Crippen LogP) is 0.273. The zero-order valence-electron chi connectivity index (χ0n) is 11.9. The molecule has 8 heteroatoms. The molecule has 0 saturated heterocycles. The summed E-state index contributed by atoms with van der Waals surface area (Å²) in [5.41, 5.74) is 1.10. The Kier molecular flexibility index (Phi) is 5.43. The molecule has 2 heterocycles. The van der Waals surface area contributed by atoms with E-state index in [0.29, 0.717) is 13.0 Å². The highest BCUT2D eigenvalue weighted by Gasteiger charge is 2.15. The van der Waals surface area contributed by atoms with Crippen LogP contribution in [0.4, 0.5) is 0 Å². The van der Waals surface area contributed by atoms with Gasteiger partial charge in [0.2, 0.25) is 0 Å². The monoisotopic (exact) mass is 309 g/mol. The lowest BCUT2D eigenvalue weighted by molar-refractivity contribution is 0.570. The molecule has 0 spiro atoms. The summed E-state index contributed by atoms with van der Waals surface area (Å²) in [6.07, 6.45) is 7.17. The third-order valence-electron chi connectivity index (χ3n) is 2.83. The lowest BCUT2D eigenvalue weighted by Gasteiger charge is -2.06. The Morgan fingerprint density at radius 2 is 2.19 bits per heavy atom. The van der Waals surface area contributed by atoms with Crippen molar-refractivity contribution in [2.45, 2.75) is 18.0 Å². The molecular formula is C13H19N5O2S. The molecule has 0 aromatic carbocycles. The van der Waals surface area contributed by atoms with Crippen LogP contribution in [0.3, 0.4) is 0 Å². The summed E-state index contributed by atoms with van der Waals surface area (Å²) in [6, 6.07) is 3.88. The minimum absolute atomic E-state index is 0.0494. The van der Waals surface area contributed by atoms with Crippen molar-refractivity contribution in [3.63, 3.8) is 0 Å². The van der Waals surface area contributed by atoms with Crippen LogP contribution in [0.5, 0.6) is 0 Å². The molecule has 21 heavy (non-hydrogen) atoms. The van der Waals surface area contributed by atoms with E-state index in [1.807, 2.05) is 12.1 Å². The third kappa shape index (κ3) is 4.92. The van der Waals surface area contributed by atoms with Crippen molar-refractivity contribution < 1.29 is 8.42 Å². The number of rotatable bonds is 8. The van der Waals surface area contributed by atoms with E-state index in [0.717, 1.165) is 18.7 Å². The minimum Gasteiger partial charge on any atom is -0.339 e. The Hall–Kier alpha value is -1.77. The van der Waals surface area contributed by atoms with Gasteiger partial charge in [-0.2, -0.15) is 0 Å². The number of nitrogens with zero attached hydrogens (tertiary/aromatic N) is 3. The van der Waals surface area contributed by atoms with Crippen LogP contribution in [-0.4, -0.2) is 36.0 Å². The highest BCUT2D eigenvalue weighted by atomic mass is 32.2. The second kappa shape index (κ2) is 7.30. The van der Waals surface area contributed by atoms with Crippen LogP contribution >= 0.6 is 0 Å². The van der Waals surface area contributed by atoms with E-state index in [1.165, 1.54) is 12.5 Å². The maximum atomic E-state index is 11.9. The highest BCUT2D eigenvalue weighted by Crippen LogP contribution is 2.03. The third-order valence-corrected chi connectivity index (χ3v) is 4.18. The molecule has 0 radical (unpaired) electrons. The Bertz CT molecular complexity index is 654. The molecule has 0 unspecified atom stereocenters. The lowest BCUT2D eigenvalue weighted by Crippen LogP contribution is -2.27. The number of aryl methyl sites for hydroxylation is 1. The zero-order valence-corrected chi connectivity index (χ0v) is 12.7. The van der Waals surface area contributed by atoms with Crippen LogP contribution in [0.1, 0.15) is 12.0 Å². The maximum absolute atomic E-state index is 11.9. The average Bonchev–Trinajstić information content (AvgIpc) is 2.91. The largest absolute Gasteiger partial charge is 0.339 e. The van der Waals surface area contributed by atoms with E-state index in [1.54, 1.807) is 24.0 Å². The average molecular weight is 309 g/mol. The molecule has 2 rings (SSSR count). The van der Waals surface area contributed by atoms with Crippen molar-refractivity contribution in [2.24, 2.45) is 7.05 Å². The SMILES string of the molecule is Cn1cnc(S(=O)(=O)NCCCNCc2cccnc2)c1. The normalized spacial score (nSPS) is 11.7. The van der Waals surface area contributed by atoms with Gasteiger partial charge in [0, 0.05) is 38.7 Å². The molecule has 0 fully saturated rings. The van der Waals surface area contributed by atoms with Crippen molar-refractivity contribution in [3.8, 4) is 0 Å². The fourth-order valence-electron chi connectivity index (χ4n) is 1.76. The van der Waals surface area contributed by atoms with Crippen LogP contribution in [0.2, 0.25) is 0 Å². The van der Waals surface area contributed by atoms with Crippen molar-refractivity contribution in [2.75, 3.05) is 13.1 Å². The molecule has 0 saturated carbocycles. The predicted molar refractivity (Wildman–Crippen MR) is 79.0 cm³/mol. The van der Waals surface area contributed by atoms with Crippen molar-refractivity contribution >= 4 is 10.0 Å². The topological polar surface area (TPSA) is 88.9 Å². The summed E-state index contributed by atoms with van der Waals surface area (Å²) in [7, 11) is -1.77. The second-order valence-corrected chi connectivity index (χ2v) is 6.38. The van der Waals surface area contributed by atoms with Gasteiger partial charge in [0.1, 0.15) is 0 Å². The minimum atomic E-state index is -3.50. The number of nitrogens with one attached hydrogen (secondary N) is 2. The van der Waals surface area contributed by atoms with E-state index >= 15 is 0 Å². The highest BCUT2D eigenvalue weighted by molar-refractivity contribution is 7.89. The van der Waals surface area contributed by atoms with E-state index in [9.17, 15) is 8.42 Å². The molecule has 0 bridgehead atoms. The lowest BCUT2D eigenvalue weighted by atomic mass is 10.3. The van der Waals surface area contributed by atoms with Crippen molar-refractivity contribution in [3.05, 3.63) is 42.6 Å². The van der Waals surface area contributed by atoms with E-state index in [-0.39, 0.29) is 5.03 Å². The van der Waals surface area contributed by atoms with E-state index in [4.69, 9.17) is 0 Å². The molecule has 0 aliphatic heterocycles. The van der Waals surface area contributed by atoms with Crippen molar-refractivity contribution in [1.29, 1.82) is 0 Å². The summed E-state index contributed by atoms with van der Waals surface area (Å²) in [6.45, 7) is 1.82. The van der Waals surface area contributed by atoms with Crippen LogP contribution in [0, 0.1) is 0 Å². The van der Waals surface area contributed by atoms with Crippen LogP contribution in [-0.2, 0) is 23.6 Å². The molecule has 0 aliphatic rings. The second-order valence-electron chi connectivity index (χ2n) is 4.67. The summed E-state index contributed by atoms with van der Waals surface area (Å²) in [4.78, 5) is 7.86. The molecule has 0 amide bonds. The standard InChI is InChI=1S/C13H19N5O2S/c1-18-10-13(16-11-18)21(19,20)17-7-3-6-15-9-12-4-2-5-14-8-12/h2,4-5,8,10-11,15,17H,3,6-7,9H2,1H3. The number of imidazole rings is 1. The van der Waals surface area contributed by atoms with E-state index in [2.05, 4.69) is 20.0 Å². The smallest absolute Gasteiger partial charge is 0.259 e. The molecule has 2 N–H and O–H groups in total. The fraction of sp³-hybridized carbons (Fsp3) is 0.385. The van der Waals surface area contributed by atoms with Crippen LogP contribution in [0.15, 0.2) is 42.1 Å². The first-order valence-electron chi connectivity index (χ1n) is 6.65. The van der Waals surface area contributed by atoms with Gasteiger partial charge in [0.15, 0.2) is 5.03 Å². The Labute approximate surface area is 124 Å². The van der Waals surface area contributed by atoms with Gasteiger partial charge in [0.25, 0.3) is 10.0 Å². The van der Waals surface area contributed by atoms with Gasteiger partial charge in [-0.25, -0.2) is 18.1 Å². The summed E-state index contributed by atoms with van der Waals surface area (Å²) < 4.78 is 27.9. The molecule has 2 aromatic heterocycles. The number of hydrogen-bond acceptors (Lipinski definition) is 5. The number of hydrogen-bond donors (Lipinski definition) is 2. The Balaban J connectivity index is 1.66. The summed E-state index contributed by atoms with van der Waals surface area (Å²) >= 11 is 0. The first-order chi connectivity index (χ1) is 10.1. The van der Waals surface area contributed by atoms with Gasteiger partial charge in [-0.1, -0.05) is 6.07 Å². The van der Waals surface area contributed by atoms with Crippen molar-refractivity contribution in [1.82, 2.24) is 24.6 Å². The zero-order chi connectivity index (χ0) is 15.1. The molecule has 7 nitrogen and oxygen atoms in total. The quantitative estimate of drug-likeness (QED) is 0.684. The summed E-state index contributed by atoms with van der Waals surface area (Å²) in [5, 5.41) is 3.29. The van der Waals surface area contributed by atoms with E-state index < -0.39 is 10.0 Å². The van der Waals surface area contributed by atoms with Crippen LogP contribution in [0.25, 0.3) is 0 Å². The van der Waals surface area contributed by atoms with Gasteiger partial charge < -0.3 is 9.88 Å². The molecular weight excluding hydrogens is 290 g/mol. The van der Waals surface area contributed by atoms with Gasteiger partial charge in [-0.05, 0) is 24.6 Å². The molecule has 0 atom stereocenters. The van der Waals surface area contributed by atoms with Crippen LogP contribution < -0.4 is 10.0 Å². The fourth-order valence-corrected chi connectivity index (χ4v) is 2.81. The Morgan fingerprint density at radius 1 is 1.33 bits per heavy atom. The number of pyridine rings is 1.